The second kappa shape index (κ2) is 13.1. The number of halogens is 6. The van der Waals surface area contributed by atoms with Gasteiger partial charge < -0.3 is 9.13 Å². The first-order chi connectivity index (χ1) is 22.6. The highest BCUT2D eigenvalue weighted by atomic mass is 19.4. The van der Waals surface area contributed by atoms with E-state index in [1.807, 2.05) is 27.7 Å². The van der Waals surface area contributed by atoms with Crippen LogP contribution in [-0.2, 0) is 60.7 Å². The summed E-state index contributed by atoms with van der Waals surface area (Å²) in [4.78, 5) is 28.8. The van der Waals surface area contributed by atoms with Crippen LogP contribution in [0.15, 0.2) is 48.5 Å². The Morgan fingerprint density at radius 1 is 0.542 bits per heavy atom. The Morgan fingerprint density at radius 3 is 1.15 bits per heavy atom. The maximum Gasteiger partial charge on any atom is 0.416 e. The molecule has 0 bridgehead atoms. The predicted octanol–water partition coefficient (Wildman–Crippen LogP) is 9.31. The van der Waals surface area contributed by atoms with Crippen LogP contribution in [0.1, 0.15) is 107 Å². The van der Waals surface area contributed by atoms with Crippen molar-refractivity contribution in [2.45, 2.75) is 105 Å². The molecule has 1 aliphatic rings. The van der Waals surface area contributed by atoms with Crippen LogP contribution in [-0.4, -0.2) is 20.7 Å². The minimum Gasteiger partial charge on any atom is -0.343 e. The van der Waals surface area contributed by atoms with Crippen molar-refractivity contribution in [2.24, 2.45) is 0 Å². The van der Waals surface area contributed by atoms with E-state index in [-0.39, 0.29) is 35.8 Å². The fraction of sp³-hybridized carbons (Fsp3) is 0.421. The second-order valence-electron chi connectivity index (χ2n) is 12.4. The van der Waals surface area contributed by atoms with Gasteiger partial charge in [-0.3, -0.25) is 9.59 Å². The highest BCUT2D eigenvalue weighted by molar-refractivity contribution is 6.31. The summed E-state index contributed by atoms with van der Waals surface area (Å²) < 4.78 is 87.4. The Morgan fingerprint density at radius 2 is 0.854 bits per heavy atom. The summed E-state index contributed by atoms with van der Waals surface area (Å²) in [6, 6.07) is 10.6. The summed E-state index contributed by atoms with van der Waals surface area (Å²) in [7, 11) is 0. The van der Waals surface area contributed by atoms with Crippen LogP contribution in [0.3, 0.4) is 0 Å². The SMILES string of the molecule is CCc1c(CC)c(C2C(=O)C(c3c(CC)c(CC)c(C)n3Cc3ccccc3C(F)(F)F)C2=O)n(Cc2ccccc2C(F)(F)F)c1C. The molecule has 1 saturated carbocycles. The van der Waals surface area contributed by atoms with E-state index >= 15 is 0 Å². The lowest BCUT2D eigenvalue weighted by Crippen LogP contribution is -2.47. The first-order valence-corrected chi connectivity index (χ1v) is 16.4. The maximum atomic E-state index is 14.4. The monoisotopic (exact) mass is 670 g/mol. The maximum absolute atomic E-state index is 14.4. The summed E-state index contributed by atoms with van der Waals surface area (Å²) in [6.45, 7) is 10.9. The molecular weight excluding hydrogens is 630 g/mol. The number of Topliss-reactive ketones (excluding diaryl/α,β-unsaturated/α-hetero) is 2. The summed E-state index contributed by atoms with van der Waals surface area (Å²) in [5.74, 6) is -3.16. The minimum absolute atomic E-state index is 0.0270. The van der Waals surface area contributed by atoms with Crippen LogP contribution < -0.4 is 0 Å². The number of carbonyl (C=O) groups excluding carboxylic acids is 2. The number of benzene rings is 2. The topological polar surface area (TPSA) is 44.0 Å². The van der Waals surface area contributed by atoms with E-state index < -0.39 is 35.3 Å². The molecule has 1 aliphatic carbocycles. The Hall–Kier alpha value is -4.08. The van der Waals surface area contributed by atoms with Gasteiger partial charge in [0, 0.05) is 35.9 Å². The fourth-order valence-corrected chi connectivity index (χ4v) is 7.82. The van der Waals surface area contributed by atoms with Gasteiger partial charge in [-0.1, -0.05) is 64.1 Å². The average molecular weight is 671 g/mol. The number of alkyl halides is 6. The van der Waals surface area contributed by atoms with E-state index in [9.17, 15) is 35.9 Å². The lowest BCUT2D eigenvalue weighted by molar-refractivity contribution is -0.143. The molecule has 5 rings (SSSR count). The van der Waals surface area contributed by atoms with Crippen molar-refractivity contribution in [3.8, 4) is 0 Å². The van der Waals surface area contributed by atoms with Crippen molar-refractivity contribution in [1.29, 1.82) is 0 Å². The fourth-order valence-electron chi connectivity index (χ4n) is 7.82. The molecule has 2 heterocycles. The summed E-state index contributed by atoms with van der Waals surface area (Å²) in [5.41, 5.74) is 4.08. The predicted molar refractivity (Wildman–Crippen MR) is 172 cm³/mol. The Balaban J connectivity index is 1.64. The van der Waals surface area contributed by atoms with Crippen LogP contribution in [0.2, 0.25) is 0 Å². The average Bonchev–Trinajstić information content (AvgIpc) is 3.44. The highest BCUT2D eigenvalue weighted by Crippen LogP contribution is 2.47. The normalized spacial score (nSPS) is 16.9. The summed E-state index contributed by atoms with van der Waals surface area (Å²) in [6.07, 6.45) is -7.11. The van der Waals surface area contributed by atoms with Crippen molar-refractivity contribution in [3.63, 3.8) is 0 Å². The number of hydrogen-bond donors (Lipinski definition) is 0. The highest BCUT2D eigenvalue weighted by Gasteiger charge is 2.55. The molecule has 48 heavy (non-hydrogen) atoms. The number of carbonyl (C=O) groups is 2. The second-order valence-corrected chi connectivity index (χ2v) is 12.4. The molecule has 256 valence electrons. The molecule has 0 saturated heterocycles. The van der Waals surface area contributed by atoms with E-state index in [1.165, 1.54) is 36.4 Å². The van der Waals surface area contributed by atoms with Gasteiger partial charge in [0.1, 0.15) is 11.8 Å². The van der Waals surface area contributed by atoms with E-state index in [0.29, 0.717) is 48.5 Å². The van der Waals surface area contributed by atoms with Crippen molar-refractivity contribution in [3.05, 3.63) is 116 Å². The van der Waals surface area contributed by atoms with E-state index in [4.69, 9.17) is 0 Å². The third kappa shape index (κ3) is 5.81. The van der Waals surface area contributed by atoms with Crippen LogP contribution in [0.5, 0.6) is 0 Å². The van der Waals surface area contributed by atoms with Crippen LogP contribution in [0.25, 0.3) is 0 Å². The molecule has 0 spiro atoms. The van der Waals surface area contributed by atoms with Gasteiger partial charge >= 0.3 is 12.4 Å². The molecule has 0 aliphatic heterocycles. The van der Waals surface area contributed by atoms with Gasteiger partial charge in [0.25, 0.3) is 0 Å². The first-order valence-electron chi connectivity index (χ1n) is 16.4. The Labute approximate surface area is 276 Å². The number of hydrogen-bond acceptors (Lipinski definition) is 2. The van der Waals surface area contributed by atoms with E-state index in [1.54, 1.807) is 23.0 Å². The van der Waals surface area contributed by atoms with Gasteiger partial charge in [-0.25, -0.2) is 0 Å². The van der Waals surface area contributed by atoms with Gasteiger partial charge in [-0.05, 0) is 85.0 Å². The van der Waals surface area contributed by atoms with Crippen LogP contribution >= 0.6 is 0 Å². The quantitative estimate of drug-likeness (QED) is 0.125. The lowest BCUT2D eigenvalue weighted by atomic mass is 9.67. The standard InChI is InChI=1S/C38H40F6N2O2/c1-7-25-21(5)45(19-23-15-11-13-17-29(23)37(39,40)41)33(27(25)9-3)31-35(47)32(36(31)48)34-28(10-4)26(8-2)22(6)46(34)20-24-16-12-14-18-30(24)38(42,43)44/h11-18,31-32H,7-10,19-20H2,1-6H3. The molecule has 10 heteroatoms. The van der Waals surface area contributed by atoms with Gasteiger partial charge in [0.15, 0.2) is 11.6 Å². The molecular formula is C38H40F6N2O2. The van der Waals surface area contributed by atoms with E-state index in [0.717, 1.165) is 34.4 Å². The molecule has 2 aromatic heterocycles. The molecule has 0 atom stereocenters. The number of nitrogens with zero attached hydrogens (tertiary/aromatic N) is 2. The lowest BCUT2D eigenvalue weighted by Gasteiger charge is -2.35. The van der Waals surface area contributed by atoms with Crippen molar-refractivity contribution in [1.82, 2.24) is 9.13 Å². The van der Waals surface area contributed by atoms with Crippen molar-refractivity contribution < 1.29 is 35.9 Å². The van der Waals surface area contributed by atoms with Crippen molar-refractivity contribution in [2.75, 3.05) is 0 Å². The van der Waals surface area contributed by atoms with Crippen molar-refractivity contribution >= 4 is 11.6 Å². The zero-order chi connectivity index (χ0) is 35.3. The summed E-state index contributed by atoms with van der Waals surface area (Å²) >= 11 is 0. The van der Waals surface area contributed by atoms with E-state index in [2.05, 4.69) is 0 Å². The molecule has 1 fully saturated rings. The zero-order valence-corrected chi connectivity index (χ0v) is 28.0. The molecule has 2 aromatic carbocycles. The Kier molecular flexibility index (Phi) is 9.60. The summed E-state index contributed by atoms with van der Waals surface area (Å²) in [5, 5.41) is 0. The smallest absolute Gasteiger partial charge is 0.343 e. The molecule has 0 N–H and O–H groups in total. The third-order valence-corrected chi connectivity index (χ3v) is 10.0. The molecule has 4 aromatic rings. The zero-order valence-electron chi connectivity index (χ0n) is 28.0. The number of rotatable bonds is 10. The third-order valence-electron chi connectivity index (χ3n) is 10.0. The molecule has 0 amide bonds. The largest absolute Gasteiger partial charge is 0.416 e. The first kappa shape index (κ1) is 35.2. The van der Waals surface area contributed by atoms with Gasteiger partial charge in [-0.2, -0.15) is 26.3 Å². The van der Waals surface area contributed by atoms with Crippen LogP contribution in [0.4, 0.5) is 26.3 Å². The number of ketones is 2. The number of aromatic nitrogens is 2. The van der Waals surface area contributed by atoms with Gasteiger partial charge in [-0.15, -0.1) is 0 Å². The Bertz CT molecular complexity index is 1730. The molecule has 4 nitrogen and oxygen atoms in total. The molecule has 0 unspecified atom stereocenters. The van der Waals surface area contributed by atoms with Gasteiger partial charge in [0.05, 0.1) is 11.1 Å². The van der Waals surface area contributed by atoms with Gasteiger partial charge in [0.2, 0.25) is 0 Å². The minimum atomic E-state index is -4.59. The molecule has 0 radical (unpaired) electrons. The van der Waals surface area contributed by atoms with Crippen LogP contribution in [0, 0.1) is 13.8 Å².